The van der Waals surface area contributed by atoms with Crippen LogP contribution in [-0.4, -0.2) is 40.0 Å². The zero-order valence-corrected chi connectivity index (χ0v) is 19.3. The summed E-state index contributed by atoms with van der Waals surface area (Å²) in [5, 5.41) is 11.2. The Hall–Kier alpha value is -2.26. The average Bonchev–Trinajstić information content (AvgIpc) is 3.12. The Kier molecular flexibility index (Phi) is 4.41. The molecule has 2 saturated heterocycles. The molecule has 2 saturated carbocycles. The number of halogens is 1. The molecular formula is C24H29ClN4O2. The van der Waals surface area contributed by atoms with E-state index in [1.165, 1.54) is 0 Å². The van der Waals surface area contributed by atoms with Crippen molar-refractivity contribution in [2.24, 2.45) is 10.8 Å². The molecule has 0 aromatic carbocycles. The molecule has 2 aliphatic carbocycles. The number of rotatable bonds is 4. The first-order valence-corrected chi connectivity index (χ1v) is 11.4. The van der Waals surface area contributed by atoms with Gasteiger partial charge in [0.25, 0.3) is 0 Å². The molecule has 2 aliphatic heterocycles. The molecule has 4 aliphatic rings. The molecule has 4 bridgehead atoms. The fourth-order valence-corrected chi connectivity index (χ4v) is 7.28. The highest BCUT2D eigenvalue weighted by molar-refractivity contribution is 6.37. The highest BCUT2D eigenvalue weighted by Crippen LogP contribution is 2.61. The summed E-state index contributed by atoms with van der Waals surface area (Å²) in [6, 6.07) is 2.99. The maximum absolute atomic E-state index is 13.6. The van der Waals surface area contributed by atoms with E-state index in [2.05, 4.69) is 41.7 Å². The highest BCUT2D eigenvalue weighted by Gasteiger charge is 2.60. The van der Waals surface area contributed by atoms with Crippen molar-refractivity contribution in [3.63, 3.8) is 0 Å². The molecule has 31 heavy (non-hydrogen) atoms. The van der Waals surface area contributed by atoms with Crippen LogP contribution in [0.5, 0.6) is 5.75 Å². The van der Waals surface area contributed by atoms with Crippen molar-refractivity contribution in [1.82, 2.24) is 14.9 Å². The lowest BCUT2D eigenvalue weighted by Gasteiger charge is -2.63. The molecule has 6 rings (SSSR count). The van der Waals surface area contributed by atoms with Crippen LogP contribution in [0.4, 0.5) is 0 Å². The van der Waals surface area contributed by atoms with E-state index in [0.29, 0.717) is 22.8 Å². The number of carbonyl (C=O) groups excluding carboxylic acids is 1. The van der Waals surface area contributed by atoms with Gasteiger partial charge in [0.1, 0.15) is 5.65 Å². The molecule has 2 atom stereocenters. The first-order chi connectivity index (χ1) is 14.6. The summed E-state index contributed by atoms with van der Waals surface area (Å²) in [7, 11) is 1.57. The second kappa shape index (κ2) is 6.62. The van der Waals surface area contributed by atoms with Crippen molar-refractivity contribution in [2.45, 2.75) is 76.8 Å². The first kappa shape index (κ1) is 20.6. The van der Waals surface area contributed by atoms with Crippen LogP contribution in [0, 0.1) is 22.2 Å². The fourth-order valence-electron chi connectivity index (χ4n) is 6.97. The van der Waals surface area contributed by atoms with Crippen LogP contribution in [0.15, 0.2) is 12.4 Å². The van der Waals surface area contributed by atoms with Gasteiger partial charge in [-0.05, 0) is 43.1 Å². The van der Waals surface area contributed by atoms with Crippen molar-refractivity contribution in [3.05, 3.63) is 23.0 Å². The Morgan fingerprint density at radius 3 is 2.68 bits per heavy atom. The zero-order chi connectivity index (χ0) is 22.2. The largest absolute Gasteiger partial charge is 0.494 e. The lowest BCUT2D eigenvalue weighted by atomic mass is 9.50. The summed E-state index contributed by atoms with van der Waals surface area (Å²) in [5.41, 5.74) is 1.19. The third kappa shape index (κ3) is 3.04. The zero-order valence-electron chi connectivity index (χ0n) is 18.6. The molecule has 1 N–H and O–H groups in total. The van der Waals surface area contributed by atoms with Crippen molar-refractivity contribution in [1.29, 1.82) is 5.26 Å². The van der Waals surface area contributed by atoms with Crippen LogP contribution in [0.25, 0.3) is 11.0 Å². The van der Waals surface area contributed by atoms with E-state index >= 15 is 0 Å². The predicted octanol–water partition coefficient (Wildman–Crippen LogP) is 4.97. The number of hydrogen-bond acceptors (Lipinski definition) is 4. The molecule has 2 aromatic heterocycles. The van der Waals surface area contributed by atoms with E-state index in [0.717, 1.165) is 43.1 Å². The summed E-state index contributed by atoms with van der Waals surface area (Å²) in [5.74, 6) is 0.703. The van der Waals surface area contributed by atoms with Crippen molar-refractivity contribution in [3.8, 4) is 11.8 Å². The molecule has 2 aromatic rings. The van der Waals surface area contributed by atoms with E-state index in [1.54, 1.807) is 13.3 Å². The number of piperidine rings is 2. The number of fused-ring (bicyclic) bond motifs is 1. The molecule has 1 amide bonds. The molecule has 4 heterocycles. The van der Waals surface area contributed by atoms with Crippen LogP contribution in [0.3, 0.4) is 0 Å². The van der Waals surface area contributed by atoms with Gasteiger partial charge in [-0.25, -0.2) is 4.98 Å². The van der Waals surface area contributed by atoms with E-state index in [1.807, 2.05) is 6.20 Å². The number of nitrogens with one attached hydrogen (secondary N) is 1. The van der Waals surface area contributed by atoms with Crippen LogP contribution in [-0.2, 0) is 10.2 Å². The molecule has 6 nitrogen and oxygen atoms in total. The Bertz CT molecular complexity index is 1100. The number of aromatic nitrogens is 2. The molecule has 7 heteroatoms. The summed E-state index contributed by atoms with van der Waals surface area (Å²) >= 11 is 6.61. The second-order valence-corrected chi connectivity index (χ2v) is 11.3. The monoisotopic (exact) mass is 440 g/mol. The van der Waals surface area contributed by atoms with Gasteiger partial charge in [0.2, 0.25) is 5.91 Å². The maximum atomic E-state index is 13.6. The van der Waals surface area contributed by atoms with Crippen LogP contribution in [0.1, 0.15) is 64.9 Å². The number of H-pyrrole nitrogens is 1. The number of aromatic amines is 1. The fraction of sp³-hybridized carbons (Fsp3) is 0.625. The highest BCUT2D eigenvalue weighted by atomic mass is 35.5. The van der Waals surface area contributed by atoms with Gasteiger partial charge >= 0.3 is 0 Å². The van der Waals surface area contributed by atoms with Gasteiger partial charge < -0.3 is 14.6 Å². The van der Waals surface area contributed by atoms with E-state index in [9.17, 15) is 10.1 Å². The minimum Gasteiger partial charge on any atom is -0.494 e. The van der Waals surface area contributed by atoms with Crippen molar-refractivity contribution in [2.75, 3.05) is 7.11 Å². The van der Waals surface area contributed by atoms with Gasteiger partial charge in [-0.3, -0.25) is 4.79 Å². The number of pyridine rings is 1. The van der Waals surface area contributed by atoms with Crippen LogP contribution in [0.2, 0.25) is 5.02 Å². The topological polar surface area (TPSA) is 82.0 Å². The third-order valence-electron chi connectivity index (χ3n) is 7.93. The van der Waals surface area contributed by atoms with Crippen molar-refractivity contribution < 1.29 is 9.53 Å². The van der Waals surface area contributed by atoms with Gasteiger partial charge in [0.05, 0.1) is 29.8 Å². The average molecular weight is 441 g/mol. The van der Waals surface area contributed by atoms with E-state index in [4.69, 9.17) is 16.3 Å². The molecule has 0 radical (unpaired) electrons. The van der Waals surface area contributed by atoms with Gasteiger partial charge in [-0.1, -0.05) is 32.4 Å². The van der Waals surface area contributed by atoms with Gasteiger partial charge in [-0.15, -0.1) is 0 Å². The van der Waals surface area contributed by atoms with Gasteiger partial charge in [-0.2, -0.15) is 5.26 Å². The summed E-state index contributed by atoms with van der Waals surface area (Å²) in [6.45, 7) is 6.47. The predicted molar refractivity (Wildman–Crippen MR) is 119 cm³/mol. The Labute approximate surface area is 187 Å². The summed E-state index contributed by atoms with van der Waals surface area (Å²) in [6.07, 6.45) is 8.56. The number of hydrogen-bond donors (Lipinski definition) is 1. The van der Waals surface area contributed by atoms with Gasteiger partial charge in [0, 0.05) is 35.5 Å². The molecule has 2 unspecified atom stereocenters. The number of nitriles is 1. The van der Waals surface area contributed by atoms with E-state index in [-0.39, 0.29) is 28.8 Å². The number of carbonyl (C=O) groups is 1. The van der Waals surface area contributed by atoms with Crippen molar-refractivity contribution >= 4 is 28.5 Å². The minimum absolute atomic E-state index is 0.178. The van der Waals surface area contributed by atoms with E-state index < -0.39 is 5.41 Å². The number of amides is 1. The third-order valence-corrected chi connectivity index (χ3v) is 8.31. The van der Waals surface area contributed by atoms with Gasteiger partial charge in [0.15, 0.2) is 5.75 Å². The Morgan fingerprint density at radius 1 is 1.39 bits per heavy atom. The second-order valence-electron chi connectivity index (χ2n) is 10.9. The normalized spacial score (nSPS) is 31.8. The lowest BCUT2D eigenvalue weighted by Crippen LogP contribution is -2.66. The Balaban J connectivity index is 1.44. The molecule has 4 fully saturated rings. The number of nitrogens with zero attached hydrogens (tertiary/aromatic N) is 3. The van der Waals surface area contributed by atoms with Crippen LogP contribution < -0.4 is 4.74 Å². The quantitative estimate of drug-likeness (QED) is 0.727. The number of ether oxygens (including phenoxy) is 1. The maximum Gasteiger partial charge on any atom is 0.223 e. The number of methoxy groups -OCH3 is 1. The first-order valence-electron chi connectivity index (χ1n) is 11.0. The standard InChI is InChI=1S/C24H29ClN4O2/c1-22(2,16-10-27-21-19(16)20(25)17(31-4)11-28-21)9-18(30)29-14-5-23(3)6-15(29)8-24(7-14,12-23)13-26/h10-11,14-15H,5-9,12H2,1-4H3,(H,27,28). The smallest absolute Gasteiger partial charge is 0.223 e. The SMILES string of the molecule is COc1cnc2[nH]cc(C(C)(C)CC(=O)N3C4CC5(C)CC3CC(C#N)(C4)C5)c2c1Cl. The summed E-state index contributed by atoms with van der Waals surface area (Å²) < 4.78 is 5.35. The molecular weight excluding hydrogens is 412 g/mol. The molecule has 0 spiro atoms. The van der Waals surface area contributed by atoms with Crippen LogP contribution >= 0.6 is 11.6 Å². The molecule has 164 valence electrons. The summed E-state index contributed by atoms with van der Waals surface area (Å²) in [4.78, 5) is 23.4. The minimum atomic E-state index is -0.432. The lowest BCUT2D eigenvalue weighted by molar-refractivity contribution is -0.164. The Morgan fingerprint density at radius 2 is 2.06 bits per heavy atom.